The van der Waals surface area contributed by atoms with Gasteiger partial charge in [0.1, 0.15) is 5.82 Å². The molecule has 1 aliphatic heterocycles. The number of piperidine rings is 1. The zero-order valence-electron chi connectivity index (χ0n) is 19.9. The van der Waals surface area contributed by atoms with Gasteiger partial charge in [-0.2, -0.15) is 0 Å². The molecule has 0 aliphatic carbocycles. The van der Waals surface area contributed by atoms with Crippen LogP contribution in [-0.2, 0) is 20.7 Å². The lowest BCUT2D eigenvalue weighted by molar-refractivity contribution is -0.151. The molecule has 0 unspecified atom stereocenters. The number of pyridine rings is 1. The number of nitrogen functional groups attached to an aromatic ring is 1. The predicted molar refractivity (Wildman–Crippen MR) is 135 cm³/mol. The van der Waals surface area contributed by atoms with Gasteiger partial charge in [0.15, 0.2) is 0 Å². The summed E-state index contributed by atoms with van der Waals surface area (Å²) in [6, 6.07) is 7.51. The number of nitrogens with one attached hydrogen (secondary N) is 1. The van der Waals surface area contributed by atoms with Crippen LogP contribution in [0.25, 0.3) is 10.2 Å². The van der Waals surface area contributed by atoms with Crippen molar-refractivity contribution in [1.29, 1.82) is 0 Å². The van der Waals surface area contributed by atoms with E-state index in [1.54, 1.807) is 22.3 Å². The lowest BCUT2D eigenvalue weighted by atomic mass is 9.87. The number of rotatable bonds is 5. The number of hydrogen-bond acceptors (Lipinski definition) is 7. The van der Waals surface area contributed by atoms with Crippen LogP contribution in [0.3, 0.4) is 0 Å². The van der Waals surface area contributed by atoms with Crippen molar-refractivity contribution in [3.8, 4) is 0 Å². The Bertz CT molecular complexity index is 1190. The molecule has 0 saturated carbocycles. The first-order valence-corrected chi connectivity index (χ1v) is 12.5. The second-order valence-corrected chi connectivity index (χ2v) is 9.95. The molecule has 1 aromatic carbocycles. The summed E-state index contributed by atoms with van der Waals surface area (Å²) < 4.78 is 7.26. The Hall–Kier alpha value is -3.04. The lowest BCUT2D eigenvalue weighted by Crippen LogP contribution is -2.51. The number of ether oxygens (including phenoxy) is 1. The van der Waals surface area contributed by atoms with Crippen molar-refractivity contribution in [2.75, 3.05) is 17.6 Å². The van der Waals surface area contributed by atoms with Crippen LogP contribution in [0.15, 0.2) is 36.0 Å². The Morgan fingerprint density at radius 2 is 2.09 bits per heavy atom. The Morgan fingerprint density at radius 3 is 2.82 bits per heavy atom. The van der Waals surface area contributed by atoms with E-state index in [9.17, 15) is 9.59 Å². The average Bonchev–Trinajstić information content (AvgIpc) is 3.28. The Kier molecular flexibility index (Phi) is 7.13. The highest BCUT2D eigenvalue weighted by Crippen LogP contribution is 2.37. The van der Waals surface area contributed by atoms with E-state index in [1.165, 1.54) is 6.20 Å². The predicted octanol–water partition coefficient (Wildman–Crippen LogP) is 4.18. The van der Waals surface area contributed by atoms with E-state index in [4.69, 9.17) is 10.5 Å². The van der Waals surface area contributed by atoms with Crippen molar-refractivity contribution in [1.82, 2.24) is 14.9 Å². The van der Waals surface area contributed by atoms with Crippen molar-refractivity contribution >= 4 is 44.9 Å². The number of aromatic nitrogens is 2. The van der Waals surface area contributed by atoms with Crippen molar-refractivity contribution in [2.24, 2.45) is 5.92 Å². The smallest absolute Gasteiger partial charge is 0.313 e. The molecule has 1 fully saturated rings. The van der Waals surface area contributed by atoms with Crippen LogP contribution in [0.2, 0.25) is 0 Å². The van der Waals surface area contributed by atoms with Gasteiger partial charge in [0.05, 0.1) is 45.9 Å². The average molecular weight is 482 g/mol. The standard InChI is InChI=1S/C25H31N5O3S/c1-5-16-8-18(11-27-23(16)26)29-24(31)25(32)30-12-15(4)21(33-14(2)3)10-20(30)17-6-7-22-19(9-17)28-13-34-22/h6-9,11,13-15,20-21H,5,10,12H2,1-4H3,(H2,26,27)(H,29,31)/t15-,20-,21+/m0/s1. The molecule has 8 nitrogen and oxygen atoms in total. The number of nitrogens with two attached hydrogens (primary N) is 1. The maximum Gasteiger partial charge on any atom is 0.313 e. The van der Waals surface area contributed by atoms with Crippen LogP contribution in [0, 0.1) is 5.92 Å². The van der Waals surface area contributed by atoms with Gasteiger partial charge in [0, 0.05) is 12.5 Å². The molecule has 0 bridgehead atoms. The summed E-state index contributed by atoms with van der Waals surface area (Å²) in [5.41, 5.74) is 10.8. The normalized spacial score (nSPS) is 20.6. The first kappa shape index (κ1) is 24.1. The molecule has 3 aromatic rings. The van der Waals surface area contributed by atoms with E-state index in [-0.39, 0.29) is 24.2 Å². The van der Waals surface area contributed by atoms with Crippen molar-refractivity contribution in [3.05, 3.63) is 47.1 Å². The molecule has 0 radical (unpaired) electrons. The highest BCUT2D eigenvalue weighted by atomic mass is 32.1. The zero-order valence-corrected chi connectivity index (χ0v) is 20.8. The molecular formula is C25H31N5O3S. The fourth-order valence-corrected chi connectivity index (χ4v) is 5.14. The van der Waals surface area contributed by atoms with E-state index in [0.717, 1.165) is 21.3 Å². The monoisotopic (exact) mass is 481 g/mol. The zero-order chi connectivity index (χ0) is 24.4. The summed E-state index contributed by atoms with van der Waals surface area (Å²) in [6.07, 6.45) is 2.82. The van der Waals surface area contributed by atoms with Crippen LogP contribution in [0.1, 0.15) is 51.3 Å². The van der Waals surface area contributed by atoms with Crippen LogP contribution >= 0.6 is 11.3 Å². The molecule has 2 aromatic heterocycles. The fourth-order valence-electron chi connectivity index (χ4n) is 4.48. The molecular weight excluding hydrogens is 450 g/mol. The highest BCUT2D eigenvalue weighted by molar-refractivity contribution is 7.16. The number of fused-ring (bicyclic) bond motifs is 1. The topological polar surface area (TPSA) is 110 Å². The molecule has 9 heteroatoms. The van der Waals surface area contributed by atoms with Gasteiger partial charge in [-0.1, -0.05) is 19.9 Å². The second kappa shape index (κ2) is 10.1. The highest BCUT2D eigenvalue weighted by Gasteiger charge is 2.39. The van der Waals surface area contributed by atoms with E-state index in [0.29, 0.717) is 30.9 Å². The third-order valence-electron chi connectivity index (χ3n) is 6.23. The molecule has 3 N–H and O–H groups in total. The molecule has 0 spiro atoms. The quantitative estimate of drug-likeness (QED) is 0.529. The number of carbonyl (C=O) groups is 2. The first-order valence-electron chi connectivity index (χ1n) is 11.6. The SMILES string of the molecule is CCc1cc(NC(=O)C(=O)N2C[C@H](C)[C@H](OC(C)C)C[C@H]2c2ccc3scnc3c2)cnc1N. The van der Waals surface area contributed by atoms with Gasteiger partial charge in [-0.05, 0) is 56.0 Å². The van der Waals surface area contributed by atoms with Gasteiger partial charge in [-0.25, -0.2) is 9.97 Å². The van der Waals surface area contributed by atoms with Crippen LogP contribution in [0.4, 0.5) is 11.5 Å². The fraction of sp³-hybridized carbons (Fsp3) is 0.440. The third-order valence-corrected chi connectivity index (χ3v) is 7.04. The molecule has 2 amide bonds. The molecule has 1 aliphatic rings. The van der Waals surface area contributed by atoms with Gasteiger partial charge < -0.3 is 20.7 Å². The number of hydrogen-bond donors (Lipinski definition) is 2. The van der Waals surface area contributed by atoms with Crippen molar-refractivity contribution in [3.63, 3.8) is 0 Å². The minimum Gasteiger partial charge on any atom is -0.383 e. The minimum atomic E-state index is -0.691. The maximum atomic E-state index is 13.4. The summed E-state index contributed by atoms with van der Waals surface area (Å²) in [5.74, 6) is -0.759. The summed E-state index contributed by atoms with van der Waals surface area (Å²) in [7, 11) is 0. The van der Waals surface area contributed by atoms with E-state index < -0.39 is 11.8 Å². The Labute approximate surface area is 203 Å². The number of aryl methyl sites for hydroxylation is 1. The summed E-state index contributed by atoms with van der Waals surface area (Å²) >= 11 is 1.57. The molecule has 34 heavy (non-hydrogen) atoms. The number of likely N-dealkylation sites (tertiary alicyclic amines) is 1. The largest absolute Gasteiger partial charge is 0.383 e. The third kappa shape index (κ3) is 5.05. The van der Waals surface area contributed by atoms with E-state index >= 15 is 0 Å². The summed E-state index contributed by atoms with van der Waals surface area (Å²) in [4.78, 5) is 36.6. The number of amides is 2. The van der Waals surface area contributed by atoms with Gasteiger partial charge in [0.25, 0.3) is 0 Å². The van der Waals surface area contributed by atoms with Crippen LogP contribution in [-0.4, -0.2) is 45.4 Å². The molecule has 180 valence electrons. The summed E-state index contributed by atoms with van der Waals surface area (Å²) in [6.45, 7) is 8.46. The van der Waals surface area contributed by atoms with Gasteiger partial charge in [0.2, 0.25) is 0 Å². The first-order chi connectivity index (χ1) is 16.3. The number of anilines is 2. The number of thiazole rings is 1. The van der Waals surface area contributed by atoms with Crippen molar-refractivity contribution < 1.29 is 14.3 Å². The molecule has 3 heterocycles. The Balaban J connectivity index is 1.61. The number of carbonyl (C=O) groups excluding carboxylic acids is 2. The van der Waals surface area contributed by atoms with Crippen LogP contribution in [0.5, 0.6) is 0 Å². The summed E-state index contributed by atoms with van der Waals surface area (Å²) in [5, 5.41) is 2.71. The van der Waals surface area contributed by atoms with E-state index in [1.807, 2.05) is 44.5 Å². The van der Waals surface area contributed by atoms with Gasteiger partial charge in [-0.3, -0.25) is 9.59 Å². The Morgan fingerprint density at radius 1 is 1.29 bits per heavy atom. The number of benzene rings is 1. The van der Waals surface area contributed by atoms with Gasteiger partial charge >= 0.3 is 11.8 Å². The minimum absolute atomic E-state index is 0.0170. The van der Waals surface area contributed by atoms with Crippen LogP contribution < -0.4 is 11.1 Å². The maximum absolute atomic E-state index is 13.4. The lowest BCUT2D eigenvalue weighted by Gasteiger charge is -2.43. The second-order valence-electron chi connectivity index (χ2n) is 9.07. The van der Waals surface area contributed by atoms with Crippen molar-refractivity contribution in [2.45, 2.75) is 58.8 Å². The van der Waals surface area contributed by atoms with Gasteiger partial charge in [-0.15, -0.1) is 11.3 Å². The molecule has 1 saturated heterocycles. The van der Waals surface area contributed by atoms with E-state index in [2.05, 4.69) is 22.2 Å². The molecule has 3 atom stereocenters. The molecule has 4 rings (SSSR count). The number of nitrogens with zero attached hydrogens (tertiary/aromatic N) is 3.